The van der Waals surface area contributed by atoms with Gasteiger partial charge in [0.1, 0.15) is 0 Å². The van der Waals surface area contributed by atoms with E-state index >= 15 is 0 Å². The summed E-state index contributed by atoms with van der Waals surface area (Å²) in [6.07, 6.45) is -0.900. The highest BCUT2D eigenvalue weighted by atomic mass is 35.5. The molecule has 0 aliphatic carbocycles. The number of anilines is 1. The third kappa shape index (κ3) is 8.14. The summed E-state index contributed by atoms with van der Waals surface area (Å²) in [4.78, 5) is 15.2. The summed E-state index contributed by atoms with van der Waals surface area (Å²) in [5, 5.41) is 2.80. The van der Waals surface area contributed by atoms with Crippen molar-refractivity contribution in [2.75, 3.05) is 30.7 Å². The summed E-state index contributed by atoms with van der Waals surface area (Å²) in [6, 6.07) is 15.0. The zero-order chi connectivity index (χ0) is 30.5. The quantitative estimate of drug-likeness (QED) is 0.253. The molecule has 0 aromatic heterocycles. The van der Waals surface area contributed by atoms with Gasteiger partial charge in [-0.2, -0.15) is 13.2 Å². The van der Waals surface area contributed by atoms with Gasteiger partial charge in [-0.3, -0.25) is 4.79 Å². The number of amides is 1. The lowest BCUT2D eigenvalue weighted by Gasteiger charge is -2.31. The molecule has 0 radical (unpaired) electrons. The Balaban J connectivity index is 1.46. The topological polar surface area (TPSA) is 66.5 Å². The monoisotopic (exact) mass is 620 g/mol. The first-order valence-corrected chi connectivity index (χ1v) is 16.3. The van der Waals surface area contributed by atoms with Crippen LogP contribution in [0.4, 0.5) is 18.9 Å². The van der Waals surface area contributed by atoms with Crippen LogP contribution in [0, 0.1) is 5.92 Å². The summed E-state index contributed by atoms with van der Waals surface area (Å²) in [5.41, 5.74) is 1.13. The van der Waals surface area contributed by atoms with Crippen molar-refractivity contribution in [3.63, 3.8) is 0 Å². The number of alkyl halides is 3. The van der Waals surface area contributed by atoms with E-state index in [1.165, 1.54) is 42.5 Å². The zero-order valence-electron chi connectivity index (χ0n) is 23.8. The lowest BCUT2D eigenvalue weighted by atomic mass is 9.88. The molecule has 0 saturated carbocycles. The number of carbonyl (C=O) groups is 1. The van der Waals surface area contributed by atoms with E-state index in [0.29, 0.717) is 29.2 Å². The summed E-state index contributed by atoms with van der Waals surface area (Å²) in [7, 11) is -3.34. The lowest BCUT2D eigenvalue weighted by molar-refractivity contribution is -0.137. The number of hydrogen-bond acceptors (Lipinski definition) is 4. The van der Waals surface area contributed by atoms with Crippen LogP contribution in [0.5, 0.6) is 0 Å². The number of benzene rings is 3. The summed E-state index contributed by atoms with van der Waals surface area (Å²) >= 11 is 6.46. The van der Waals surface area contributed by atoms with Crippen LogP contribution in [0.3, 0.4) is 0 Å². The van der Waals surface area contributed by atoms with Gasteiger partial charge in [0.05, 0.1) is 27.7 Å². The Morgan fingerprint density at radius 3 is 2.19 bits per heavy atom. The molecule has 3 aromatic carbocycles. The fourth-order valence-corrected chi connectivity index (χ4v) is 6.60. The molecule has 1 saturated heterocycles. The van der Waals surface area contributed by atoms with Gasteiger partial charge in [-0.05, 0) is 98.3 Å². The summed E-state index contributed by atoms with van der Waals surface area (Å²) in [5.74, 6) is -0.0267. The molecule has 1 heterocycles. The third-order valence-electron chi connectivity index (χ3n) is 7.73. The van der Waals surface area contributed by atoms with E-state index in [1.807, 2.05) is 0 Å². The van der Waals surface area contributed by atoms with Gasteiger partial charge < -0.3 is 10.2 Å². The van der Waals surface area contributed by atoms with Gasteiger partial charge in [0, 0.05) is 11.3 Å². The summed E-state index contributed by atoms with van der Waals surface area (Å²) < 4.78 is 66.5. The van der Waals surface area contributed by atoms with Crippen LogP contribution in [0.1, 0.15) is 49.8 Å². The van der Waals surface area contributed by atoms with Gasteiger partial charge in [0.2, 0.25) is 5.91 Å². The van der Waals surface area contributed by atoms with E-state index in [9.17, 15) is 26.4 Å². The second-order valence-electron chi connectivity index (χ2n) is 10.8. The molecule has 1 amide bonds. The molecule has 0 atom stereocenters. The number of hydrogen-bond donors (Lipinski definition) is 1. The first-order valence-electron chi connectivity index (χ1n) is 14.2. The fraction of sp³-hybridized carbons (Fsp3) is 0.406. The van der Waals surface area contributed by atoms with E-state index in [4.69, 9.17) is 11.6 Å². The van der Waals surface area contributed by atoms with Gasteiger partial charge in [0.25, 0.3) is 0 Å². The van der Waals surface area contributed by atoms with Gasteiger partial charge in [0.15, 0.2) is 9.84 Å². The first kappa shape index (κ1) is 32.0. The molecule has 226 valence electrons. The van der Waals surface area contributed by atoms with Gasteiger partial charge in [-0.25, -0.2) is 8.42 Å². The average molecular weight is 621 g/mol. The van der Waals surface area contributed by atoms with Crippen LogP contribution in [-0.4, -0.2) is 44.6 Å². The predicted octanol–water partition coefficient (Wildman–Crippen LogP) is 7.67. The largest absolute Gasteiger partial charge is 0.417 e. The van der Waals surface area contributed by atoms with Crippen molar-refractivity contribution in [3.05, 3.63) is 82.4 Å². The molecule has 4 rings (SSSR count). The van der Waals surface area contributed by atoms with Crippen molar-refractivity contribution < 1.29 is 26.4 Å². The van der Waals surface area contributed by atoms with Gasteiger partial charge >= 0.3 is 6.18 Å². The van der Waals surface area contributed by atoms with Gasteiger partial charge in [-0.15, -0.1) is 0 Å². The second kappa shape index (κ2) is 13.6. The molecular weight excluding hydrogens is 585 g/mol. The smallest absolute Gasteiger partial charge is 0.326 e. The number of piperidine rings is 1. The number of nitrogens with zero attached hydrogens (tertiary/aromatic N) is 1. The Hall–Kier alpha value is -2.88. The molecule has 1 aliphatic heterocycles. The fourth-order valence-electron chi connectivity index (χ4n) is 5.43. The first-order chi connectivity index (χ1) is 19.9. The molecule has 1 fully saturated rings. The van der Waals surface area contributed by atoms with Crippen molar-refractivity contribution in [3.8, 4) is 11.1 Å². The number of sulfone groups is 1. The highest BCUT2D eigenvalue weighted by molar-refractivity contribution is 7.91. The molecule has 42 heavy (non-hydrogen) atoms. The lowest BCUT2D eigenvalue weighted by Crippen LogP contribution is -2.34. The highest BCUT2D eigenvalue weighted by Crippen LogP contribution is 2.41. The third-order valence-corrected chi connectivity index (χ3v) is 9.79. The zero-order valence-corrected chi connectivity index (χ0v) is 25.4. The van der Waals surface area contributed by atoms with Crippen LogP contribution in [0.25, 0.3) is 11.1 Å². The number of nitrogens with one attached hydrogen (secondary N) is 1. The normalized spacial score (nSPS) is 15.1. The van der Waals surface area contributed by atoms with Crippen LogP contribution in [0.15, 0.2) is 65.6 Å². The maximum Gasteiger partial charge on any atom is 0.417 e. The molecule has 3 aromatic rings. The Morgan fingerprint density at radius 2 is 1.60 bits per heavy atom. The summed E-state index contributed by atoms with van der Waals surface area (Å²) in [6.45, 7) is 6.73. The number of likely N-dealkylation sites (tertiary alicyclic amines) is 1. The Kier molecular flexibility index (Phi) is 10.4. The molecule has 5 nitrogen and oxygen atoms in total. The van der Waals surface area contributed by atoms with Crippen molar-refractivity contribution in [1.82, 2.24) is 4.90 Å². The molecule has 1 N–H and O–H groups in total. The number of halogens is 4. The van der Waals surface area contributed by atoms with E-state index in [0.717, 1.165) is 38.9 Å². The van der Waals surface area contributed by atoms with Crippen LogP contribution >= 0.6 is 11.6 Å². The van der Waals surface area contributed by atoms with Crippen LogP contribution in [0.2, 0.25) is 5.02 Å². The van der Waals surface area contributed by atoms with Gasteiger partial charge in [-0.1, -0.05) is 55.8 Å². The van der Waals surface area contributed by atoms with E-state index < -0.39 is 21.6 Å². The Morgan fingerprint density at radius 1 is 0.952 bits per heavy atom. The minimum Gasteiger partial charge on any atom is -0.326 e. The van der Waals surface area contributed by atoms with Crippen molar-refractivity contribution >= 4 is 33.0 Å². The predicted molar refractivity (Wildman–Crippen MR) is 162 cm³/mol. The van der Waals surface area contributed by atoms with Crippen molar-refractivity contribution in [2.24, 2.45) is 5.92 Å². The second-order valence-corrected chi connectivity index (χ2v) is 13.5. The average Bonchev–Trinajstić information content (AvgIpc) is 2.94. The Labute approximate surface area is 251 Å². The van der Waals surface area contributed by atoms with E-state index in [2.05, 4.69) is 17.1 Å². The van der Waals surface area contributed by atoms with Crippen LogP contribution < -0.4 is 5.32 Å². The molecule has 0 spiro atoms. The number of carbonyl (C=O) groups excluding carboxylic acids is 1. The standard InChI is InChI=1S/C32H36ClF3N2O3S/c1-3-15-38-16-13-23(14-17-38)18-24-7-11-27(29(19-24)32(34,35)36)28-12-8-25(21-30(28)33)37-31(39)20-22-5-9-26(10-6-22)42(40,41)4-2/h5-12,19,21,23H,3-4,13-18,20H2,1-2H3,(H,37,39). The SMILES string of the molecule is CCCN1CCC(Cc2ccc(-c3ccc(NC(=O)Cc4ccc(S(=O)(=O)CC)cc4)cc3Cl)c(C(F)(F)F)c2)CC1. The van der Waals surface area contributed by atoms with E-state index in [-0.39, 0.29) is 39.1 Å². The molecule has 10 heteroatoms. The minimum absolute atomic E-state index is 0.00554. The molecule has 0 unspecified atom stereocenters. The van der Waals surface area contributed by atoms with Crippen molar-refractivity contribution in [2.45, 2.75) is 57.0 Å². The maximum atomic E-state index is 14.2. The van der Waals surface area contributed by atoms with Crippen LogP contribution in [-0.2, 0) is 33.6 Å². The molecular formula is C32H36ClF3N2O3S. The Bertz CT molecular complexity index is 1500. The minimum atomic E-state index is -4.56. The molecule has 0 bridgehead atoms. The number of rotatable bonds is 10. The highest BCUT2D eigenvalue weighted by Gasteiger charge is 2.34. The maximum absolute atomic E-state index is 14.2. The van der Waals surface area contributed by atoms with E-state index in [1.54, 1.807) is 25.1 Å². The molecule has 1 aliphatic rings. The van der Waals surface area contributed by atoms with Crippen molar-refractivity contribution in [1.29, 1.82) is 0 Å².